The summed E-state index contributed by atoms with van der Waals surface area (Å²) in [6.45, 7) is 2.85. The predicted molar refractivity (Wildman–Crippen MR) is 90.5 cm³/mol. The van der Waals surface area contributed by atoms with Gasteiger partial charge in [0.15, 0.2) is 5.96 Å². The van der Waals surface area contributed by atoms with Gasteiger partial charge in [-0.25, -0.2) is 4.39 Å². The van der Waals surface area contributed by atoms with Gasteiger partial charge in [0, 0.05) is 38.3 Å². The van der Waals surface area contributed by atoms with E-state index >= 15 is 0 Å². The summed E-state index contributed by atoms with van der Waals surface area (Å²) in [5, 5.41) is 3.24. The summed E-state index contributed by atoms with van der Waals surface area (Å²) < 4.78 is 19.8. The molecule has 6 heteroatoms. The molecule has 1 N–H and O–H groups in total. The minimum absolute atomic E-state index is 0.239. The van der Waals surface area contributed by atoms with Crippen LogP contribution in [0.4, 0.5) is 4.39 Å². The molecule has 1 aliphatic rings. The molecule has 0 heterocycles. The van der Waals surface area contributed by atoms with E-state index in [9.17, 15) is 4.39 Å². The first-order valence-corrected chi connectivity index (χ1v) is 8.33. The Bertz CT molecular complexity index is 520. The van der Waals surface area contributed by atoms with E-state index < -0.39 is 0 Å². The minimum Gasteiger partial charge on any atom is -0.379 e. The van der Waals surface area contributed by atoms with Crippen molar-refractivity contribution in [3.8, 4) is 0 Å². The van der Waals surface area contributed by atoms with Crippen LogP contribution in [-0.2, 0) is 11.3 Å². The highest BCUT2D eigenvalue weighted by molar-refractivity contribution is 9.10. The second kappa shape index (κ2) is 8.48. The number of nitrogens with zero attached hydrogens (tertiary/aromatic N) is 2. The summed E-state index contributed by atoms with van der Waals surface area (Å²) in [7, 11) is 3.71. The van der Waals surface area contributed by atoms with Gasteiger partial charge in [-0.05, 0) is 42.5 Å². The molecule has 0 spiro atoms. The van der Waals surface area contributed by atoms with Crippen molar-refractivity contribution in [2.45, 2.75) is 19.4 Å². The number of nitrogens with one attached hydrogen (secondary N) is 1. The van der Waals surface area contributed by atoms with Crippen LogP contribution in [0.2, 0.25) is 0 Å². The lowest BCUT2D eigenvalue weighted by Gasteiger charge is -2.22. The largest absolute Gasteiger partial charge is 0.379 e. The van der Waals surface area contributed by atoms with Crippen molar-refractivity contribution in [1.29, 1.82) is 0 Å². The van der Waals surface area contributed by atoms with Crippen LogP contribution < -0.4 is 5.32 Å². The molecule has 0 aliphatic heterocycles. The Balaban J connectivity index is 1.76. The maximum Gasteiger partial charge on any atom is 0.193 e. The van der Waals surface area contributed by atoms with E-state index in [4.69, 9.17) is 4.74 Å². The Kier molecular flexibility index (Phi) is 6.64. The molecule has 122 valence electrons. The second-order valence-electron chi connectivity index (χ2n) is 5.58. The maximum atomic E-state index is 13.3. The third-order valence-electron chi connectivity index (χ3n) is 3.64. The van der Waals surface area contributed by atoms with Crippen molar-refractivity contribution in [2.75, 3.05) is 33.9 Å². The molecule has 22 heavy (non-hydrogen) atoms. The molecule has 4 nitrogen and oxygen atoms in total. The third kappa shape index (κ3) is 5.57. The van der Waals surface area contributed by atoms with Gasteiger partial charge in [-0.2, -0.15) is 0 Å². The molecule has 1 fully saturated rings. The summed E-state index contributed by atoms with van der Waals surface area (Å²) in [6.07, 6.45) is 2.61. The summed E-state index contributed by atoms with van der Waals surface area (Å²) in [4.78, 5) is 6.26. The van der Waals surface area contributed by atoms with E-state index in [1.165, 1.54) is 25.0 Å². The van der Waals surface area contributed by atoms with Crippen LogP contribution in [0.25, 0.3) is 0 Å². The smallest absolute Gasteiger partial charge is 0.193 e. The van der Waals surface area contributed by atoms with Gasteiger partial charge in [0.25, 0.3) is 0 Å². The fourth-order valence-electron chi connectivity index (χ4n) is 2.08. The molecular formula is C16H23BrFN3O. The van der Waals surface area contributed by atoms with Gasteiger partial charge in [-0.15, -0.1) is 0 Å². The first-order chi connectivity index (χ1) is 10.6. The zero-order valence-corrected chi connectivity index (χ0v) is 14.7. The van der Waals surface area contributed by atoms with Crippen LogP contribution in [0.1, 0.15) is 18.4 Å². The van der Waals surface area contributed by atoms with Crippen molar-refractivity contribution in [2.24, 2.45) is 10.9 Å². The topological polar surface area (TPSA) is 36.9 Å². The van der Waals surface area contributed by atoms with E-state index in [2.05, 4.69) is 26.2 Å². The van der Waals surface area contributed by atoms with E-state index in [-0.39, 0.29) is 5.82 Å². The number of halogens is 2. The Morgan fingerprint density at radius 3 is 2.95 bits per heavy atom. The highest BCUT2D eigenvalue weighted by Gasteiger charge is 2.21. The van der Waals surface area contributed by atoms with Crippen LogP contribution in [0.3, 0.4) is 0 Å². The Morgan fingerprint density at radius 1 is 1.50 bits per heavy atom. The van der Waals surface area contributed by atoms with Gasteiger partial charge >= 0.3 is 0 Å². The number of hydrogen-bond acceptors (Lipinski definition) is 2. The van der Waals surface area contributed by atoms with Crippen LogP contribution >= 0.6 is 15.9 Å². The molecule has 0 unspecified atom stereocenters. The first-order valence-electron chi connectivity index (χ1n) is 7.53. The van der Waals surface area contributed by atoms with Crippen LogP contribution in [-0.4, -0.2) is 44.7 Å². The molecule has 2 rings (SSSR count). The van der Waals surface area contributed by atoms with Crippen molar-refractivity contribution in [3.05, 3.63) is 34.1 Å². The second-order valence-corrected chi connectivity index (χ2v) is 6.43. The highest BCUT2D eigenvalue weighted by Crippen LogP contribution is 2.28. The summed E-state index contributed by atoms with van der Waals surface area (Å²) >= 11 is 3.43. The molecule has 1 aliphatic carbocycles. The quantitative estimate of drug-likeness (QED) is 0.454. The lowest BCUT2D eigenvalue weighted by molar-refractivity contribution is 0.115. The zero-order chi connectivity index (χ0) is 15.9. The standard InChI is InChI=1S/C16H23BrFN3O/c1-19-16(21(2)7-8-22-11-12-3-4-12)20-10-13-9-14(18)5-6-15(13)17/h5-6,9,12H,3-4,7-8,10-11H2,1-2H3,(H,19,20). The molecule has 0 bridgehead atoms. The molecular weight excluding hydrogens is 349 g/mol. The third-order valence-corrected chi connectivity index (χ3v) is 4.41. The maximum absolute atomic E-state index is 13.3. The van der Waals surface area contributed by atoms with Gasteiger partial charge in [0.1, 0.15) is 5.82 Å². The first kappa shape index (κ1) is 17.2. The average Bonchev–Trinajstić information content (AvgIpc) is 3.32. The predicted octanol–water partition coefficient (Wildman–Crippen LogP) is 3.02. The van der Waals surface area contributed by atoms with Crippen LogP contribution in [0.15, 0.2) is 27.7 Å². The SMILES string of the molecule is CN=C(NCc1cc(F)ccc1Br)N(C)CCOCC1CC1. The van der Waals surface area contributed by atoms with E-state index in [0.29, 0.717) is 13.2 Å². The van der Waals surface area contributed by atoms with E-state index in [0.717, 1.165) is 35.1 Å². The monoisotopic (exact) mass is 371 g/mol. The number of benzene rings is 1. The number of aliphatic imine (C=N–C) groups is 1. The fourth-order valence-corrected chi connectivity index (χ4v) is 2.47. The number of hydrogen-bond donors (Lipinski definition) is 1. The number of guanidine groups is 1. The number of ether oxygens (including phenoxy) is 1. The van der Waals surface area contributed by atoms with E-state index in [1.807, 2.05) is 11.9 Å². The van der Waals surface area contributed by atoms with Gasteiger partial charge < -0.3 is 15.0 Å². The molecule has 0 saturated heterocycles. The summed E-state index contributed by atoms with van der Waals surface area (Å²) in [6, 6.07) is 4.67. The van der Waals surface area contributed by atoms with Gasteiger partial charge in [0.2, 0.25) is 0 Å². The number of rotatable bonds is 7. The average molecular weight is 372 g/mol. The zero-order valence-electron chi connectivity index (χ0n) is 13.1. The molecule has 0 atom stereocenters. The lowest BCUT2D eigenvalue weighted by Crippen LogP contribution is -2.40. The van der Waals surface area contributed by atoms with Crippen molar-refractivity contribution in [1.82, 2.24) is 10.2 Å². The molecule has 0 aromatic heterocycles. The molecule has 1 aromatic carbocycles. The molecule has 0 amide bonds. The Morgan fingerprint density at radius 2 is 2.27 bits per heavy atom. The summed E-state index contributed by atoms with van der Waals surface area (Å²) in [5.74, 6) is 1.32. The van der Waals surface area contributed by atoms with Crippen molar-refractivity contribution >= 4 is 21.9 Å². The fraction of sp³-hybridized carbons (Fsp3) is 0.562. The normalized spacial score (nSPS) is 15.0. The van der Waals surface area contributed by atoms with E-state index in [1.54, 1.807) is 13.1 Å². The molecule has 0 radical (unpaired) electrons. The van der Waals surface area contributed by atoms with Crippen LogP contribution in [0.5, 0.6) is 0 Å². The Hall–Kier alpha value is -1.14. The molecule has 1 aromatic rings. The minimum atomic E-state index is -0.239. The summed E-state index contributed by atoms with van der Waals surface area (Å²) in [5.41, 5.74) is 0.861. The Labute approximate surface area is 139 Å². The van der Waals surface area contributed by atoms with Gasteiger partial charge in [-0.3, -0.25) is 4.99 Å². The lowest BCUT2D eigenvalue weighted by atomic mass is 10.2. The van der Waals surface area contributed by atoms with Crippen LogP contribution in [0, 0.1) is 11.7 Å². The van der Waals surface area contributed by atoms with Crippen molar-refractivity contribution in [3.63, 3.8) is 0 Å². The molecule has 1 saturated carbocycles. The van der Waals surface area contributed by atoms with Gasteiger partial charge in [-0.1, -0.05) is 15.9 Å². The highest BCUT2D eigenvalue weighted by atomic mass is 79.9. The van der Waals surface area contributed by atoms with Crippen molar-refractivity contribution < 1.29 is 9.13 Å². The number of likely N-dealkylation sites (N-methyl/N-ethyl adjacent to an activating group) is 1. The van der Waals surface area contributed by atoms with Gasteiger partial charge in [0.05, 0.1) is 6.61 Å².